The van der Waals surface area contributed by atoms with Gasteiger partial charge in [0.2, 0.25) is 0 Å². The minimum atomic E-state index is -0.753. The molecule has 20 heavy (non-hydrogen) atoms. The smallest absolute Gasteiger partial charge is 0.317 e. The Labute approximate surface area is 121 Å². The van der Waals surface area contributed by atoms with Gasteiger partial charge in [-0.3, -0.25) is 4.79 Å². The van der Waals surface area contributed by atoms with Crippen LogP contribution in [0.1, 0.15) is 38.5 Å². The van der Waals surface area contributed by atoms with Gasteiger partial charge in [-0.1, -0.05) is 6.42 Å². The second-order valence-corrected chi connectivity index (χ2v) is 5.64. The van der Waals surface area contributed by atoms with E-state index in [2.05, 4.69) is 24.3 Å². The van der Waals surface area contributed by atoms with Crippen molar-refractivity contribution in [2.24, 2.45) is 0 Å². The summed E-state index contributed by atoms with van der Waals surface area (Å²) in [7, 11) is 4.10. The summed E-state index contributed by atoms with van der Waals surface area (Å²) in [5.74, 6) is -0.753. The quantitative estimate of drug-likeness (QED) is 0.693. The molecule has 0 spiro atoms. The molecular weight excluding hydrogens is 258 g/mol. The molecule has 0 saturated carbocycles. The van der Waals surface area contributed by atoms with Gasteiger partial charge in [-0.25, -0.2) is 4.79 Å². The summed E-state index contributed by atoms with van der Waals surface area (Å²) < 4.78 is 0. The number of likely N-dealkylation sites (tertiary alicyclic amines) is 1. The Morgan fingerprint density at radius 2 is 2.05 bits per heavy atom. The van der Waals surface area contributed by atoms with Crippen molar-refractivity contribution in [1.29, 1.82) is 0 Å². The van der Waals surface area contributed by atoms with E-state index < -0.39 is 5.97 Å². The first-order valence-electron chi connectivity index (χ1n) is 7.41. The fraction of sp³-hybridized carbons (Fsp3) is 0.857. The molecule has 0 aromatic carbocycles. The number of likely N-dealkylation sites (N-methyl/N-ethyl adjacent to an activating group) is 1. The molecule has 6 nitrogen and oxygen atoms in total. The van der Waals surface area contributed by atoms with Gasteiger partial charge in [-0.15, -0.1) is 0 Å². The first kappa shape index (κ1) is 16.8. The molecule has 1 atom stereocenters. The fourth-order valence-corrected chi connectivity index (χ4v) is 2.45. The Morgan fingerprint density at radius 3 is 2.70 bits per heavy atom. The third kappa shape index (κ3) is 6.23. The van der Waals surface area contributed by atoms with Crippen LogP contribution in [-0.2, 0) is 4.79 Å². The molecule has 1 heterocycles. The number of carboxylic acid groups (broad SMARTS) is 1. The van der Waals surface area contributed by atoms with E-state index in [9.17, 15) is 9.59 Å². The van der Waals surface area contributed by atoms with Crippen LogP contribution in [0, 0.1) is 0 Å². The predicted molar refractivity (Wildman–Crippen MR) is 77.8 cm³/mol. The van der Waals surface area contributed by atoms with E-state index in [4.69, 9.17) is 5.11 Å². The zero-order valence-corrected chi connectivity index (χ0v) is 12.6. The second kappa shape index (κ2) is 8.79. The molecule has 1 aliphatic heterocycles. The highest BCUT2D eigenvalue weighted by Crippen LogP contribution is 2.13. The van der Waals surface area contributed by atoms with Crippen LogP contribution in [-0.4, -0.2) is 66.7 Å². The van der Waals surface area contributed by atoms with Gasteiger partial charge in [0.25, 0.3) is 0 Å². The summed E-state index contributed by atoms with van der Waals surface area (Å²) >= 11 is 0. The minimum Gasteiger partial charge on any atom is -0.481 e. The van der Waals surface area contributed by atoms with Crippen molar-refractivity contribution in [3.05, 3.63) is 0 Å². The highest BCUT2D eigenvalue weighted by Gasteiger charge is 2.24. The third-order valence-corrected chi connectivity index (χ3v) is 3.76. The van der Waals surface area contributed by atoms with Crippen LogP contribution < -0.4 is 5.32 Å². The van der Waals surface area contributed by atoms with Gasteiger partial charge < -0.3 is 20.2 Å². The SMILES string of the molecule is CN(C)C1CCCN(C(=O)NCCCCCC(=O)O)C1. The average molecular weight is 285 g/mol. The summed E-state index contributed by atoms with van der Waals surface area (Å²) in [5, 5.41) is 11.4. The summed E-state index contributed by atoms with van der Waals surface area (Å²) in [6.07, 6.45) is 4.76. The van der Waals surface area contributed by atoms with Crippen LogP contribution in [0.15, 0.2) is 0 Å². The van der Waals surface area contributed by atoms with Crippen molar-refractivity contribution in [3.63, 3.8) is 0 Å². The molecule has 1 fully saturated rings. The number of nitrogens with zero attached hydrogens (tertiary/aromatic N) is 2. The lowest BCUT2D eigenvalue weighted by molar-refractivity contribution is -0.137. The molecule has 2 amide bonds. The topological polar surface area (TPSA) is 72.9 Å². The molecule has 6 heteroatoms. The molecule has 116 valence electrons. The lowest BCUT2D eigenvalue weighted by Gasteiger charge is -2.36. The van der Waals surface area contributed by atoms with Crippen LogP contribution in [0.25, 0.3) is 0 Å². The number of carbonyl (C=O) groups is 2. The lowest BCUT2D eigenvalue weighted by atomic mass is 10.1. The van der Waals surface area contributed by atoms with Gasteiger partial charge in [0.1, 0.15) is 0 Å². The first-order valence-corrected chi connectivity index (χ1v) is 7.41. The van der Waals surface area contributed by atoms with E-state index in [1.165, 1.54) is 0 Å². The van der Waals surface area contributed by atoms with Gasteiger partial charge in [0.05, 0.1) is 0 Å². The third-order valence-electron chi connectivity index (χ3n) is 3.76. The summed E-state index contributed by atoms with van der Waals surface area (Å²) in [4.78, 5) is 26.4. The Morgan fingerprint density at radius 1 is 1.30 bits per heavy atom. The summed E-state index contributed by atoms with van der Waals surface area (Å²) in [6, 6.07) is 0.458. The van der Waals surface area contributed by atoms with E-state index in [0.29, 0.717) is 19.0 Å². The second-order valence-electron chi connectivity index (χ2n) is 5.64. The normalized spacial score (nSPS) is 19.1. The van der Waals surface area contributed by atoms with Gasteiger partial charge in [0, 0.05) is 32.1 Å². The van der Waals surface area contributed by atoms with E-state index in [-0.39, 0.29) is 12.5 Å². The van der Waals surface area contributed by atoms with Crippen LogP contribution in [0.2, 0.25) is 0 Å². The molecule has 1 aliphatic rings. The molecule has 0 aliphatic carbocycles. The minimum absolute atomic E-state index is 0.00906. The highest BCUT2D eigenvalue weighted by molar-refractivity contribution is 5.74. The number of hydrogen-bond acceptors (Lipinski definition) is 3. The number of carbonyl (C=O) groups excluding carboxylic acids is 1. The standard InChI is InChI=1S/C14H27N3O3/c1-16(2)12-7-6-10-17(11-12)14(20)15-9-5-3-4-8-13(18)19/h12H,3-11H2,1-2H3,(H,15,20)(H,18,19). The molecule has 1 unspecified atom stereocenters. The number of aliphatic carboxylic acids is 1. The summed E-state index contributed by atoms with van der Waals surface area (Å²) in [5.41, 5.74) is 0. The maximum absolute atomic E-state index is 12.0. The van der Waals surface area contributed by atoms with Crippen LogP contribution >= 0.6 is 0 Å². The zero-order chi connectivity index (χ0) is 15.0. The van der Waals surface area contributed by atoms with Crippen molar-refractivity contribution in [2.45, 2.75) is 44.6 Å². The summed E-state index contributed by atoms with van der Waals surface area (Å²) in [6.45, 7) is 2.24. The van der Waals surface area contributed by atoms with E-state index in [1.54, 1.807) is 0 Å². The molecular formula is C14H27N3O3. The monoisotopic (exact) mass is 285 g/mol. The van der Waals surface area contributed by atoms with Gasteiger partial charge >= 0.3 is 12.0 Å². The number of nitrogens with one attached hydrogen (secondary N) is 1. The highest BCUT2D eigenvalue weighted by atomic mass is 16.4. The predicted octanol–water partition coefficient (Wildman–Crippen LogP) is 1.37. The fourth-order valence-electron chi connectivity index (χ4n) is 2.45. The van der Waals surface area contributed by atoms with Crippen LogP contribution in [0.4, 0.5) is 4.79 Å². The number of urea groups is 1. The van der Waals surface area contributed by atoms with Crippen molar-refractivity contribution in [2.75, 3.05) is 33.7 Å². The van der Waals surface area contributed by atoms with Gasteiger partial charge in [0.15, 0.2) is 0 Å². The van der Waals surface area contributed by atoms with E-state index in [0.717, 1.165) is 38.8 Å². The Hall–Kier alpha value is -1.30. The van der Waals surface area contributed by atoms with E-state index >= 15 is 0 Å². The lowest BCUT2D eigenvalue weighted by Crippen LogP contribution is -2.50. The Bertz CT molecular complexity index is 321. The Balaban J connectivity index is 2.14. The molecule has 0 bridgehead atoms. The van der Waals surface area contributed by atoms with Crippen molar-refractivity contribution < 1.29 is 14.7 Å². The number of piperidine rings is 1. The van der Waals surface area contributed by atoms with Crippen molar-refractivity contribution in [1.82, 2.24) is 15.1 Å². The molecule has 1 rings (SSSR count). The van der Waals surface area contributed by atoms with Crippen molar-refractivity contribution in [3.8, 4) is 0 Å². The number of hydrogen-bond donors (Lipinski definition) is 2. The largest absolute Gasteiger partial charge is 0.481 e. The zero-order valence-electron chi connectivity index (χ0n) is 12.6. The average Bonchev–Trinajstić information content (AvgIpc) is 2.42. The van der Waals surface area contributed by atoms with Gasteiger partial charge in [-0.05, 0) is 39.8 Å². The number of unbranched alkanes of at least 4 members (excludes halogenated alkanes) is 2. The molecule has 0 aromatic rings. The van der Waals surface area contributed by atoms with Crippen molar-refractivity contribution >= 4 is 12.0 Å². The molecule has 1 saturated heterocycles. The molecule has 0 aromatic heterocycles. The molecule has 0 radical (unpaired) electrons. The number of carboxylic acids is 1. The maximum atomic E-state index is 12.0. The maximum Gasteiger partial charge on any atom is 0.317 e. The first-order chi connectivity index (χ1) is 9.50. The van der Waals surface area contributed by atoms with Crippen LogP contribution in [0.3, 0.4) is 0 Å². The number of rotatable bonds is 7. The Kier molecular flexibility index (Phi) is 7.36. The molecule has 2 N–H and O–H groups in total. The van der Waals surface area contributed by atoms with Crippen LogP contribution in [0.5, 0.6) is 0 Å². The van der Waals surface area contributed by atoms with Gasteiger partial charge in [-0.2, -0.15) is 0 Å². The number of amides is 2. The van der Waals surface area contributed by atoms with E-state index in [1.807, 2.05) is 4.90 Å².